The number of rotatable bonds is 11. The van der Waals surface area contributed by atoms with E-state index in [2.05, 4.69) is 24.3 Å². The number of furan rings is 1. The van der Waals surface area contributed by atoms with Crippen LogP contribution in [0.2, 0.25) is 0 Å². The Kier molecular flexibility index (Phi) is 7.66. The van der Waals surface area contributed by atoms with E-state index >= 15 is 0 Å². The van der Waals surface area contributed by atoms with Gasteiger partial charge in [0.25, 0.3) is 0 Å². The smallest absolute Gasteiger partial charge is 0.184 e. The van der Waals surface area contributed by atoms with Crippen LogP contribution in [0.15, 0.2) is 16.5 Å². The van der Waals surface area contributed by atoms with Gasteiger partial charge < -0.3 is 25.1 Å². The number of thioether (sulfide) groups is 1. The van der Waals surface area contributed by atoms with Crippen molar-refractivity contribution >= 4 is 35.1 Å². The molecule has 0 aliphatic heterocycles. The van der Waals surface area contributed by atoms with Gasteiger partial charge in [-0.15, -0.1) is 0 Å². The normalized spacial score (nSPS) is 11.1. The van der Waals surface area contributed by atoms with Crippen LogP contribution in [0.5, 0.6) is 0 Å². The van der Waals surface area contributed by atoms with Crippen LogP contribution < -0.4 is 10.6 Å². The van der Waals surface area contributed by atoms with E-state index in [1.165, 1.54) is 0 Å². The molecule has 2 aromatic heterocycles. The van der Waals surface area contributed by atoms with Crippen molar-refractivity contribution in [3.8, 4) is 0 Å². The van der Waals surface area contributed by atoms with Gasteiger partial charge in [-0.05, 0) is 26.2 Å². The number of nitrogens with zero attached hydrogens (tertiary/aromatic N) is 3. The lowest BCUT2D eigenvalue weighted by atomic mass is 10.4. The minimum atomic E-state index is 0.0752. The third-order valence-electron chi connectivity index (χ3n) is 2.87. The molecule has 0 spiro atoms. The van der Waals surface area contributed by atoms with Crippen molar-refractivity contribution < 1.29 is 9.52 Å². The third kappa shape index (κ3) is 6.38. The molecule has 0 saturated heterocycles. The second-order valence-corrected chi connectivity index (χ2v) is 6.83. The van der Waals surface area contributed by atoms with Gasteiger partial charge in [0.05, 0.1) is 30.6 Å². The van der Waals surface area contributed by atoms with Crippen molar-refractivity contribution in [2.45, 2.75) is 12.3 Å². The van der Waals surface area contributed by atoms with Crippen molar-refractivity contribution in [2.24, 2.45) is 0 Å². The Labute approximate surface area is 144 Å². The van der Waals surface area contributed by atoms with Gasteiger partial charge in [-0.3, -0.25) is 0 Å². The second-order valence-electron chi connectivity index (χ2n) is 5.20. The molecule has 9 heteroatoms. The molecular weight excluding hydrogens is 334 g/mol. The molecule has 2 rings (SSSR count). The van der Waals surface area contributed by atoms with E-state index in [0.29, 0.717) is 12.4 Å². The summed E-state index contributed by atoms with van der Waals surface area (Å²) in [4.78, 5) is 2.09. The van der Waals surface area contributed by atoms with E-state index in [4.69, 9.17) is 9.52 Å². The van der Waals surface area contributed by atoms with Gasteiger partial charge >= 0.3 is 0 Å². The summed E-state index contributed by atoms with van der Waals surface area (Å²) in [6, 6.07) is 4.08. The number of aromatic nitrogens is 2. The maximum Gasteiger partial charge on any atom is 0.184 e. The molecule has 0 bridgehead atoms. The summed E-state index contributed by atoms with van der Waals surface area (Å²) >= 11 is 2.96. The predicted octanol–water partition coefficient (Wildman–Crippen LogP) is 1.94. The number of aliphatic hydroxyl groups excluding tert-OH is 1. The van der Waals surface area contributed by atoms with Crippen molar-refractivity contribution in [1.29, 1.82) is 0 Å². The zero-order valence-corrected chi connectivity index (χ0v) is 15.0. The number of aliphatic hydroxyl groups is 1. The van der Waals surface area contributed by atoms with Gasteiger partial charge in [0.1, 0.15) is 11.5 Å². The summed E-state index contributed by atoms with van der Waals surface area (Å²) in [7, 11) is 4.05. The van der Waals surface area contributed by atoms with E-state index < -0.39 is 0 Å². The lowest BCUT2D eigenvalue weighted by Gasteiger charge is -2.06. The molecule has 128 valence electrons. The molecular formula is C14H23N5O2S2. The first-order valence-corrected chi connectivity index (χ1v) is 9.28. The average molecular weight is 358 g/mol. The van der Waals surface area contributed by atoms with Crippen LogP contribution in [0, 0.1) is 0 Å². The highest BCUT2D eigenvalue weighted by atomic mass is 32.2. The molecule has 0 aliphatic carbocycles. The summed E-state index contributed by atoms with van der Waals surface area (Å²) in [5, 5.41) is 15.1. The van der Waals surface area contributed by atoms with Crippen molar-refractivity contribution in [3.05, 3.63) is 23.7 Å². The lowest BCUT2D eigenvalue weighted by Crippen LogP contribution is -2.10. The second kappa shape index (κ2) is 9.76. The summed E-state index contributed by atoms with van der Waals surface area (Å²) in [6.45, 7) is 2.18. The molecule has 0 radical (unpaired) electrons. The lowest BCUT2D eigenvalue weighted by molar-refractivity contribution is 0.311. The molecule has 0 unspecified atom stereocenters. The summed E-state index contributed by atoms with van der Waals surface area (Å²) < 4.78 is 14.1. The zero-order valence-electron chi connectivity index (χ0n) is 13.4. The number of anilines is 2. The van der Waals surface area contributed by atoms with Crippen LogP contribution in [0.25, 0.3) is 0 Å². The standard InChI is InChI=1S/C14H23N5O2S2/c1-19(2)9-11-3-4-12(21-11)10-22-8-6-16-14-13(15-5-7-20)17-23-18-14/h3-4,20H,5-10H2,1-2H3,(H,15,17)(H,16,18). The first-order valence-electron chi connectivity index (χ1n) is 7.40. The molecule has 0 atom stereocenters. The molecule has 0 aliphatic rings. The first kappa shape index (κ1) is 18.1. The van der Waals surface area contributed by atoms with Crippen LogP contribution in [0.3, 0.4) is 0 Å². The number of hydrogen-bond acceptors (Lipinski definition) is 9. The third-order valence-corrected chi connectivity index (χ3v) is 4.38. The van der Waals surface area contributed by atoms with E-state index in [-0.39, 0.29) is 6.61 Å². The monoisotopic (exact) mass is 357 g/mol. The molecule has 7 nitrogen and oxygen atoms in total. The Balaban J connectivity index is 1.64. The Hall–Kier alpha value is -1.29. The fourth-order valence-electron chi connectivity index (χ4n) is 1.91. The SMILES string of the molecule is CN(C)Cc1ccc(CSCCNc2nsnc2NCCO)o1. The molecule has 23 heavy (non-hydrogen) atoms. The first-order chi connectivity index (χ1) is 11.2. The Morgan fingerprint density at radius 3 is 2.57 bits per heavy atom. The quantitative estimate of drug-likeness (QED) is 0.526. The highest BCUT2D eigenvalue weighted by Gasteiger charge is 2.07. The minimum Gasteiger partial charge on any atom is -0.464 e. The summed E-state index contributed by atoms with van der Waals surface area (Å²) in [5.41, 5.74) is 0. The van der Waals surface area contributed by atoms with Crippen LogP contribution in [-0.4, -0.2) is 58.3 Å². The molecule has 3 N–H and O–H groups in total. The molecule has 0 aromatic carbocycles. The van der Waals surface area contributed by atoms with Gasteiger partial charge in [-0.25, -0.2) is 0 Å². The fourth-order valence-corrected chi connectivity index (χ4v) is 3.16. The van der Waals surface area contributed by atoms with Crippen LogP contribution >= 0.6 is 23.5 Å². The molecule has 0 fully saturated rings. The fraction of sp³-hybridized carbons (Fsp3) is 0.571. The minimum absolute atomic E-state index is 0.0752. The van der Waals surface area contributed by atoms with Crippen LogP contribution in [-0.2, 0) is 12.3 Å². The van der Waals surface area contributed by atoms with E-state index in [1.54, 1.807) is 0 Å². The molecule has 2 heterocycles. The number of hydrogen-bond donors (Lipinski definition) is 3. The highest BCUT2D eigenvalue weighted by molar-refractivity contribution is 7.98. The van der Waals surface area contributed by atoms with Gasteiger partial charge in [-0.2, -0.15) is 20.5 Å². The summed E-state index contributed by atoms with van der Waals surface area (Å²) in [5.74, 6) is 5.26. The Morgan fingerprint density at radius 2 is 1.87 bits per heavy atom. The largest absolute Gasteiger partial charge is 0.464 e. The van der Waals surface area contributed by atoms with Crippen molar-refractivity contribution in [2.75, 3.05) is 50.2 Å². The van der Waals surface area contributed by atoms with E-state index in [9.17, 15) is 0 Å². The number of nitrogens with one attached hydrogen (secondary N) is 2. The summed E-state index contributed by atoms with van der Waals surface area (Å²) in [6.07, 6.45) is 0. The van der Waals surface area contributed by atoms with Gasteiger partial charge in [0.15, 0.2) is 11.6 Å². The average Bonchev–Trinajstić information content (AvgIpc) is 3.13. The van der Waals surface area contributed by atoms with E-state index in [1.807, 2.05) is 38.0 Å². The van der Waals surface area contributed by atoms with Gasteiger partial charge in [0, 0.05) is 18.8 Å². The molecule has 2 aromatic rings. The zero-order chi connectivity index (χ0) is 16.5. The van der Waals surface area contributed by atoms with Gasteiger partial charge in [0.2, 0.25) is 0 Å². The van der Waals surface area contributed by atoms with Crippen molar-refractivity contribution in [1.82, 2.24) is 13.6 Å². The van der Waals surface area contributed by atoms with Crippen LogP contribution in [0.4, 0.5) is 11.6 Å². The maximum absolute atomic E-state index is 8.82. The van der Waals surface area contributed by atoms with Gasteiger partial charge in [-0.1, -0.05) is 0 Å². The molecule has 0 saturated carbocycles. The predicted molar refractivity (Wildman–Crippen MR) is 96.2 cm³/mol. The van der Waals surface area contributed by atoms with Crippen LogP contribution in [0.1, 0.15) is 11.5 Å². The topological polar surface area (TPSA) is 86.5 Å². The van der Waals surface area contributed by atoms with Crippen molar-refractivity contribution in [3.63, 3.8) is 0 Å². The highest BCUT2D eigenvalue weighted by Crippen LogP contribution is 2.19. The Bertz CT molecular complexity index is 573. The van der Waals surface area contributed by atoms with E-state index in [0.717, 1.165) is 53.7 Å². The molecule has 0 amide bonds. The Morgan fingerprint density at radius 1 is 1.17 bits per heavy atom. The maximum atomic E-state index is 8.82.